The molecule has 1 amide bonds. The second-order valence-corrected chi connectivity index (χ2v) is 7.07. The maximum Gasteiger partial charge on any atom is 0.225 e. The van der Waals surface area contributed by atoms with Crippen LogP contribution in [-0.2, 0) is 11.2 Å². The van der Waals surface area contributed by atoms with Crippen LogP contribution in [0.3, 0.4) is 0 Å². The number of carbonyl (C=O) groups excluding carboxylic acids is 1. The number of likely N-dealkylation sites (N-methyl/N-ethyl adjacent to an activating group) is 1. The van der Waals surface area contributed by atoms with Gasteiger partial charge in [0.25, 0.3) is 0 Å². The number of anilines is 1. The number of aromatic nitrogens is 2. The number of benzene rings is 1. The molecular formula is C20H23F3N4O. The van der Waals surface area contributed by atoms with E-state index in [9.17, 15) is 18.0 Å². The summed E-state index contributed by atoms with van der Waals surface area (Å²) < 4.78 is 39.1. The molecule has 0 bridgehead atoms. The molecule has 3 rings (SSSR count). The average Bonchev–Trinajstić information content (AvgIpc) is 3.03. The molecule has 0 spiro atoms. The zero-order valence-corrected chi connectivity index (χ0v) is 15.7. The number of halogens is 3. The first-order chi connectivity index (χ1) is 13.4. The number of rotatable bonds is 8. The molecule has 2 aromatic rings. The van der Waals surface area contributed by atoms with Crippen LogP contribution in [0, 0.1) is 23.4 Å². The third-order valence-corrected chi connectivity index (χ3v) is 5.06. The number of carbonyl (C=O) groups is 1. The fourth-order valence-corrected chi connectivity index (χ4v) is 3.41. The van der Waals surface area contributed by atoms with E-state index in [1.807, 2.05) is 4.90 Å². The third-order valence-electron chi connectivity index (χ3n) is 5.06. The summed E-state index contributed by atoms with van der Waals surface area (Å²) in [7, 11) is 1.80. The average molecular weight is 392 g/mol. The smallest absolute Gasteiger partial charge is 0.225 e. The Hall–Kier alpha value is -2.64. The predicted molar refractivity (Wildman–Crippen MR) is 99.2 cm³/mol. The fraction of sp³-hybridized carbons (Fsp3) is 0.450. The van der Waals surface area contributed by atoms with Crippen LogP contribution in [0.15, 0.2) is 30.6 Å². The lowest BCUT2D eigenvalue weighted by atomic mass is 9.98. The molecule has 1 aromatic carbocycles. The van der Waals surface area contributed by atoms with Gasteiger partial charge in [0.1, 0.15) is 0 Å². The van der Waals surface area contributed by atoms with Gasteiger partial charge in [0.2, 0.25) is 11.9 Å². The van der Waals surface area contributed by atoms with Crippen LogP contribution in [0.2, 0.25) is 0 Å². The minimum Gasteiger partial charge on any atom is -0.342 e. The van der Waals surface area contributed by atoms with E-state index in [2.05, 4.69) is 9.97 Å². The Morgan fingerprint density at radius 1 is 1.18 bits per heavy atom. The highest BCUT2D eigenvalue weighted by Gasteiger charge is 2.30. The molecule has 0 unspecified atom stereocenters. The molecule has 1 aromatic heterocycles. The lowest BCUT2D eigenvalue weighted by Gasteiger charge is -2.22. The van der Waals surface area contributed by atoms with Gasteiger partial charge in [-0.05, 0) is 43.4 Å². The topological polar surface area (TPSA) is 49.3 Å². The Balaban J connectivity index is 1.42. The van der Waals surface area contributed by atoms with E-state index in [1.54, 1.807) is 18.0 Å². The van der Waals surface area contributed by atoms with Crippen molar-refractivity contribution in [2.75, 3.05) is 31.6 Å². The van der Waals surface area contributed by atoms with Crippen LogP contribution in [0.4, 0.5) is 19.1 Å². The molecule has 28 heavy (non-hydrogen) atoms. The molecule has 1 aliphatic heterocycles. The number of nitrogens with zero attached hydrogens (tertiary/aromatic N) is 4. The van der Waals surface area contributed by atoms with Gasteiger partial charge in [0.05, 0.1) is 12.4 Å². The van der Waals surface area contributed by atoms with E-state index in [-0.39, 0.29) is 11.8 Å². The quantitative estimate of drug-likeness (QED) is 0.692. The van der Waals surface area contributed by atoms with Gasteiger partial charge in [-0.25, -0.2) is 23.1 Å². The molecule has 5 nitrogen and oxygen atoms in total. The van der Waals surface area contributed by atoms with Crippen LogP contribution in [-0.4, -0.2) is 47.5 Å². The Labute approximate surface area is 162 Å². The molecule has 1 saturated heterocycles. The van der Waals surface area contributed by atoms with E-state index in [4.69, 9.17) is 0 Å². The molecule has 1 fully saturated rings. The van der Waals surface area contributed by atoms with E-state index >= 15 is 0 Å². The Morgan fingerprint density at radius 2 is 1.93 bits per heavy atom. The highest BCUT2D eigenvalue weighted by molar-refractivity contribution is 5.80. The third kappa shape index (κ3) is 4.99. The summed E-state index contributed by atoms with van der Waals surface area (Å²) in [6, 6.07) is 3.93. The zero-order valence-electron chi connectivity index (χ0n) is 15.7. The van der Waals surface area contributed by atoms with Gasteiger partial charge < -0.3 is 9.80 Å². The summed E-state index contributed by atoms with van der Waals surface area (Å²) in [5.41, 5.74) is 0.738. The maximum atomic E-state index is 13.2. The molecule has 0 N–H and O–H groups in total. The summed E-state index contributed by atoms with van der Waals surface area (Å²) in [6.07, 6.45) is 5.12. The minimum absolute atomic E-state index is 0.0299. The van der Waals surface area contributed by atoms with Gasteiger partial charge in [-0.2, -0.15) is 0 Å². The van der Waals surface area contributed by atoms with Gasteiger partial charge in [0, 0.05) is 32.6 Å². The Kier molecular flexibility index (Phi) is 6.49. The molecular weight excluding hydrogens is 369 g/mol. The molecule has 1 atom stereocenters. The first-order valence-electron chi connectivity index (χ1n) is 9.35. The number of aryl methyl sites for hydroxylation is 1. The standard InChI is InChI=1S/C20H23F3N4O/c1-26(20-24-12-16(21)13-25-20)9-10-27-8-7-15(19(27)28)4-2-3-14-5-6-17(22)18(23)11-14/h5-6,11-13,15H,2-4,7-10H2,1H3/t15-/m0/s1. The van der Waals surface area contributed by atoms with E-state index in [1.165, 1.54) is 6.07 Å². The number of hydrogen-bond acceptors (Lipinski definition) is 4. The highest BCUT2D eigenvalue weighted by atomic mass is 19.2. The number of hydrogen-bond donors (Lipinski definition) is 0. The van der Waals surface area contributed by atoms with Crippen molar-refractivity contribution in [3.63, 3.8) is 0 Å². The number of amides is 1. The molecule has 8 heteroatoms. The van der Waals surface area contributed by atoms with E-state index < -0.39 is 17.5 Å². The van der Waals surface area contributed by atoms with Gasteiger partial charge in [0.15, 0.2) is 17.5 Å². The Bertz CT molecular complexity index is 816. The second-order valence-electron chi connectivity index (χ2n) is 7.07. The monoisotopic (exact) mass is 392 g/mol. The summed E-state index contributed by atoms with van der Waals surface area (Å²) in [6.45, 7) is 1.81. The molecule has 0 radical (unpaired) electrons. The van der Waals surface area contributed by atoms with Crippen molar-refractivity contribution in [2.24, 2.45) is 5.92 Å². The predicted octanol–water partition coefficient (Wildman–Crippen LogP) is 3.20. The summed E-state index contributed by atoms with van der Waals surface area (Å²) in [5.74, 6) is -1.66. The van der Waals surface area contributed by atoms with Crippen LogP contribution in [0.1, 0.15) is 24.8 Å². The van der Waals surface area contributed by atoms with Gasteiger partial charge in [-0.15, -0.1) is 0 Å². The maximum absolute atomic E-state index is 13.2. The molecule has 150 valence electrons. The normalized spacial score (nSPS) is 16.6. The fourth-order valence-electron chi connectivity index (χ4n) is 3.41. The second kappa shape index (κ2) is 9.03. The van der Waals surface area contributed by atoms with Crippen molar-refractivity contribution in [1.29, 1.82) is 0 Å². The summed E-state index contributed by atoms with van der Waals surface area (Å²) >= 11 is 0. The van der Waals surface area contributed by atoms with Crippen LogP contribution >= 0.6 is 0 Å². The van der Waals surface area contributed by atoms with Crippen molar-refractivity contribution < 1.29 is 18.0 Å². The number of likely N-dealkylation sites (tertiary alicyclic amines) is 1. The summed E-state index contributed by atoms with van der Waals surface area (Å²) in [5, 5.41) is 0. The Morgan fingerprint density at radius 3 is 2.64 bits per heavy atom. The SMILES string of the molecule is CN(CCN1CC[C@H](CCCc2ccc(F)c(F)c2)C1=O)c1ncc(F)cn1. The molecule has 0 aliphatic carbocycles. The van der Waals surface area contributed by atoms with Crippen molar-refractivity contribution >= 4 is 11.9 Å². The first kappa shape index (κ1) is 20.1. The van der Waals surface area contributed by atoms with Crippen molar-refractivity contribution in [2.45, 2.75) is 25.7 Å². The van der Waals surface area contributed by atoms with Crippen LogP contribution in [0.5, 0.6) is 0 Å². The zero-order chi connectivity index (χ0) is 20.1. The molecule has 1 aliphatic rings. The van der Waals surface area contributed by atoms with Crippen molar-refractivity contribution in [3.05, 3.63) is 53.6 Å². The highest BCUT2D eigenvalue weighted by Crippen LogP contribution is 2.24. The minimum atomic E-state index is -0.846. The largest absolute Gasteiger partial charge is 0.342 e. The van der Waals surface area contributed by atoms with Crippen molar-refractivity contribution in [1.82, 2.24) is 14.9 Å². The molecule has 2 heterocycles. The van der Waals surface area contributed by atoms with Gasteiger partial charge >= 0.3 is 0 Å². The lowest BCUT2D eigenvalue weighted by Crippen LogP contribution is -2.35. The van der Waals surface area contributed by atoms with E-state index in [0.29, 0.717) is 32.0 Å². The van der Waals surface area contributed by atoms with Gasteiger partial charge in [-0.1, -0.05) is 6.07 Å². The summed E-state index contributed by atoms with van der Waals surface area (Å²) in [4.78, 5) is 24.0. The van der Waals surface area contributed by atoms with Crippen molar-refractivity contribution in [3.8, 4) is 0 Å². The lowest BCUT2D eigenvalue weighted by molar-refractivity contribution is -0.131. The van der Waals surface area contributed by atoms with Crippen LogP contribution in [0.25, 0.3) is 0 Å². The van der Waals surface area contributed by atoms with E-state index in [0.717, 1.165) is 43.3 Å². The van der Waals surface area contributed by atoms with Crippen LogP contribution < -0.4 is 4.90 Å². The molecule has 0 saturated carbocycles. The van der Waals surface area contributed by atoms with Gasteiger partial charge in [-0.3, -0.25) is 4.79 Å². The first-order valence-corrected chi connectivity index (χ1v) is 9.35.